The number of ether oxygens (including phenoxy) is 2. The van der Waals surface area contributed by atoms with Gasteiger partial charge in [-0.1, -0.05) is 12.1 Å². The molecular formula is C20H28N2O3S. The average molecular weight is 377 g/mol. The molecular weight excluding hydrogens is 348 g/mol. The first-order valence-corrected chi connectivity index (χ1v) is 9.50. The fourth-order valence-corrected chi connectivity index (χ4v) is 3.43. The van der Waals surface area contributed by atoms with Crippen molar-refractivity contribution in [2.75, 3.05) is 34.8 Å². The van der Waals surface area contributed by atoms with Crippen LogP contribution < -0.4 is 9.47 Å². The minimum absolute atomic E-state index is 0.230. The zero-order chi connectivity index (χ0) is 19.3. The molecule has 5 nitrogen and oxygen atoms in total. The highest BCUT2D eigenvalue weighted by atomic mass is 32.1. The maximum atomic E-state index is 11.7. The second-order valence-corrected chi connectivity index (χ2v) is 7.72. The summed E-state index contributed by atoms with van der Waals surface area (Å²) in [7, 11) is 7.47. The second kappa shape index (κ2) is 9.05. The van der Waals surface area contributed by atoms with E-state index < -0.39 is 0 Å². The molecule has 1 amide bonds. The number of hydrogen-bond acceptors (Lipinski definition) is 5. The zero-order valence-corrected chi connectivity index (χ0v) is 17.2. The minimum Gasteiger partial charge on any atom is -0.484 e. The first kappa shape index (κ1) is 20.3. The highest BCUT2D eigenvalue weighted by Crippen LogP contribution is 2.29. The number of hydrogen-bond donors (Lipinski definition) is 0. The van der Waals surface area contributed by atoms with Crippen molar-refractivity contribution in [1.29, 1.82) is 0 Å². The van der Waals surface area contributed by atoms with Crippen LogP contribution in [-0.2, 0) is 0 Å². The summed E-state index contributed by atoms with van der Waals surface area (Å²) in [5, 5.41) is 3.05. The average Bonchev–Trinajstić information content (AvgIpc) is 2.98. The van der Waals surface area contributed by atoms with Gasteiger partial charge in [0, 0.05) is 26.6 Å². The van der Waals surface area contributed by atoms with Gasteiger partial charge in [-0.2, -0.15) is 0 Å². The highest BCUT2D eigenvalue weighted by Gasteiger charge is 2.17. The van der Waals surface area contributed by atoms with Crippen LogP contribution in [-0.4, -0.2) is 50.7 Å². The van der Waals surface area contributed by atoms with Crippen molar-refractivity contribution in [3.8, 4) is 10.8 Å². The summed E-state index contributed by atoms with van der Waals surface area (Å²) in [5.41, 5.74) is 3.36. The van der Waals surface area contributed by atoms with Gasteiger partial charge in [-0.05, 0) is 62.1 Å². The molecule has 6 heteroatoms. The van der Waals surface area contributed by atoms with Crippen molar-refractivity contribution in [2.45, 2.75) is 26.3 Å². The molecule has 1 atom stereocenters. The Labute approximate surface area is 160 Å². The lowest BCUT2D eigenvalue weighted by molar-refractivity contribution is 0.171. The van der Waals surface area contributed by atoms with Crippen molar-refractivity contribution in [3.05, 3.63) is 46.3 Å². The Hall–Kier alpha value is -2.05. The molecule has 26 heavy (non-hydrogen) atoms. The molecule has 2 aromatic rings. The number of carbonyl (C=O) groups excluding carboxylic acids is 1. The van der Waals surface area contributed by atoms with Crippen molar-refractivity contribution < 1.29 is 14.3 Å². The highest BCUT2D eigenvalue weighted by molar-refractivity contribution is 7.12. The van der Waals surface area contributed by atoms with Gasteiger partial charge in [0.2, 0.25) is 0 Å². The summed E-state index contributed by atoms with van der Waals surface area (Å²) in [6.07, 6.45) is 0.505. The van der Waals surface area contributed by atoms with Gasteiger partial charge in [-0.15, -0.1) is 11.3 Å². The predicted octanol–water partition coefficient (Wildman–Crippen LogP) is 4.50. The van der Waals surface area contributed by atoms with Crippen molar-refractivity contribution in [1.82, 2.24) is 9.80 Å². The second-order valence-electron chi connectivity index (χ2n) is 6.85. The Bertz CT molecular complexity index is 740. The molecule has 1 unspecified atom stereocenters. The number of benzene rings is 1. The van der Waals surface area contributed by atoms with Crippen LogP contribution in [0.25, 0.3) is 0 Å². The molecule has 0 N–H and O–H groups in total. The van der Waals surface area contributed by atoms with E-state index in [0.717, 1.165) is 17.0 Å². The molecule has 1 aromatic carbocycles. The number of nitrogens with zero attached hydrogens (tertiary/aromatic N) is 2. The van der Waals surface area contributed by atoms with E-state index in [1.165, 1.54) is 16.0 Å². The standard InChI is InChI=1S/C20H28N2O3S/c1-14-11-19(26-13-14)24-10-9-17(21(3)4)16-7-8-18(15(2)12-16)25-20(23)22(5)6/h7-8,11-13,17H,9-10H2,1-6H3. The van der Waals surface area contributed by atoms with Gasteiger partial charge in [0.15, 0.2) is 5.06 Å². The van der Waals surface area contributed by atoms with E-state index in [-0.39, 0.29) is 12.1 Å². The molecule has 0 aliphatic rings. The lowest BCUT2D eigenvalue weighted by atomic mass is 10.0. The maximum Gasteiger partial charge on any atom is 0.414 e. The molecule has 0 radical (unpaired) electrons. The van der Waals surface area contributed by atoms with Gasteiger partial charge in [-0.3, -0.25) is 0 Å². The Kier molecular flexibility index (Phi) is 7.06. The van der Waals surface area contributed by atoms with E-state index in [1.807, 2.05) is 19.1 Å². The van der Waals surface area contributed by atoms with Crippen LogP contribution in [0.4, 0.5) is 4.79 Å². The monoisotopic (exact) mass is 376 g/mol. The van der Waals surface area contributed by atoms with E-state index in [2.05, 4.69) is 43.4 Å². The summed E-state index contributed by atoms with van der Waals surface area (Å²) < 4.78 is 11.3. The van der Waals surface area contributed by atoms with Gasteiger partial charge in [0.05, 0.1) is 6.61 Å². The van der Waals surface area contributed by atoms with Gasteiger partial charge in [0.25, 0.3) is 0 Å². The molecule has 1 aromatic heterocycles. The third kappa shape index (κ3) is 5.47. The number of amides is 1. The Morgan fingerprint density at radius 1 is 1.15 bits per heavy atom. The Morgan fingerprint density at radius 3 is 2.42 bits per heavy atom. The van der Waals surface area contributed by atoms with Crippen LogP contribution in [0.1, 0.15) is 29.2 Å². The number of aryl methyl sites for hydroxylation is 2. The van der Waals surface area contributed by atoms with E-state index in [1.54, 1.807) is 25.4 Å². The number of thiophene rings is 1. The van der Waals surface area contributed by atoms with Crippen LogP contribution >= 0.6 is 11.3 Å². The lowest BCUT2D eigenvalue weighted by Crippen LogP contribution is -2.25. The Morgan fingerprint density at radius 2 is 1.88 bits per heavy atom. The van der Waals surface area contributed by atoms with E-state index in [9.17, 15) is 4.79 Å². The fraction of sp³-hybridized carbons (Fsp3) is 0.450. The van der Waals surface area contributed by atoms with Crippen molar-refractivity contribution >= 4 is 17.4 Å². The molecule has 0 aliphatic heterocycles. The molecule has 0 spiro atoms. The molecule has 2 rings (SSSR count). The smallest absolute Gasteiger partial charge is 0.414 e. The van der Waals surface area contributed by atoms with Crippen molar-refractivity contribution in [2.24, 2.45) is 0 Å². The lowest BCUT2D eigenvalue weighted by Gasteiger charge is -2.25. The third-order valence-electron chi connectivity index (χ3n) is 4.11. The van der Waals surface area contributed by atoms with Crippen LogP contribution in [0.5, 0.6) is 10.8 Å². The van der Waals surface area contributed by atoms with Crippen molar-refractivity contribution in [3.63, 3.8) is 0 Å². The SMILES string of the molecule is Cc1csc(OCCC(c2ccc(OC(=O)N(C)C)c(C)c2)N(C)C)c1. The van der Waals surface area contributed by atoms with E-state index in [0.29, 0.717) is 12.4 Å². The first-order valence-electron chi connectivity index (χ1n) is 8.62. The summed E-state index contributed by atoms with van der Waals surface area (Å²) in [4.78, 5) is 15.3. The molecule has 0 bridgehead atoms. The van der Waals surface area contributed by atoms with Crippen LogP contribution in [0.3, 0.4) is 0 Å². The molecule has 0 fully saturated rings. The molecule has 0 saturated heterocycles. The largest absolute Gasteiger partial charge is 0.484 e. The summed E-state index contributed by atoms with van der Waals surface area (Å²) in [6, 6.07) is 8.26. The number of rotatable bonds is 7. The molecule has 0 aliphatic carbocycles. The van der Waals surface area contributed by atoms with E-state index >= 15 is 0 Å². The van der Waals surface area contributed by atoms with Gasteiger partial charge in [0.1, 0.15) is 5.75 Å². The van der Waals surface area contributed by atoms with Crippen LogP contribution in [0, 0.1) is 13.8 Å². The van der Waals surface area contributed by atoms with E-state index in [4.69, 9.17) is 9.47 Å². The quantitative estimate of drug-likeness (QED) is 0.714. The summed E-state index contributed by atoms with van der Waals surface area (Å²) in [6.45, 7) is 4.68. The van der Waals surface area contributed by atoms with Crippen LogP contribution in [0.15, 0.2) is 29.6 Å². The summed E-state index contributed by atoms with van der Waals surface area (Å²) in [5.74, 6) is 0.593. The zero-order valence-electron chi connectivity index (χ0n) is 16.4. The normalized spacial score (nSPS) is 12.1. The third-order valence-corrected chi connectivity index (χ3v) is 5.07. The Balaban J connectivity index is 2.04. The summed E-state index contributed by atoms with van der Waals surface area (Å²) >= 11 is 1.63. The first-order chi connectivity index (χ1) is 12.3. The predicted molar refractivity (Wildman–Crippen MR) is 106 cm³/mol. The van der Waals surface area contributed by atoms with Gasteiger partial charge >= 0.3 is 6.09 Å². The maximum absolute atomic E-state index is 11.7. The molecule has 0 saturated carbocycles. The van der Waals surface area contributed by atoms with Gasteiger partial charge < -0.3 is 19.3 Å². The minimum atomic E-state index is -0.371. The van der Waals surface area contributed by atoms with Crippen LogP contribution in [0.2, 0.25) is 0 Å². The molecule has 142 valence electrons. The topological polar surface area (TPSA) is 42.0 Å². The fourth-order valence-electron chi connectivity index (χ4n) is 2.65. The number of carbonyl (C=O) groups is 1. The van der Waals surface area contributed by atoms with Gasteiger partial charge in [-0.25, -0.2) is 4.79 Å². The molecule has 1 heterocycles.